The maximum Gasteiger partial charge on any atom is 0.139 e. The van der Waals surface area contributed by atoms with Gasteiger partial charge >= 0.3 is 0 Å². The SMILES string of the molecule is Fc1ccc(COc2cncc(Br)c2)cc1Br. The van der Waals surface area contributed by atoms with Gasteiger partial charge in [0.1, 0.15) is 18.2 Å². The lowest BCUT2D eigenvalue weighted by atomic mass is 10.2. The van der Waals surface area contributed by atoms with Crippen molar-refractivity contribution in [2.24, 2.45) is 0 Å². The first-order valence-corrected chi connectivity index (χ1v) is 6.41. The Balaban J connectivity index is 2.05. The average molecular weight is 361 g/mol. The third-order valence-electron chi connectivity index (χ3n) is 2.07. The van der Waals surface area contributed by atoms with Crippen molar-refractivity contribution < 1.29 is 9.13 Å². The molecule has 0 saturated heterocycles. The Labute approximate surface area is 115 Å². The quantitative estimate of drug-likeness (QED) is 0.812. The molecule has 1 aromatic heterocycles. The van der Waals surface area contributed by atoms with Crippen molar-refractivity contribution in [1.29, 1.82) is 0 Å². The number of hydrogen-bond donors (Lipinski definition) is 0. The van der Waals surface area contributed by atoms with Crippen molar-refractivity contribution in [2.45, 2.75) is 6.61 Å². The van der Waals surface area contributed by atoms with Gasteiger partial charge in [-0.2, -0.15) is 0 Å². The molecule has 0 bridgehead atoms. The predicted octanol–water partition coefficient (Wildman–Crippen LogP) is 4.32. The largest absolute Gasteiger partial charge is 0.487 e. The standard InChI is InChI=1S/C12H8Br2FNO/c13-9-4-10(6-16-5-9)17-7-8-1-2-12(15)11(14)3-8/h1-6H,7H2. The first-order valence-electron chi connectivity index (χ1n) is 4.82. The minimum absolute atomic E-state index is 0.280. The van der Waals surface area contributed by atoms with Gasteiger partial charge in [0.25, 0.3) is 0 Å². The van der Waals surface area contributed by atoms with Crippen LogP contribution in [0, 0.1) is 5.82 Å². The van der Waals surface area contributed by atoms with E-state index >= 15 is 0 Å². The summed E-state index contributed by atoms with van der Waals surface area (Å²) in [5.41, 5.74) is 0.887. The van der Waals surface area contributed by atoms with Crippen molar-refractivity contribution in [3.63, 3.8) is 0 Å². The molecule has 0 N–H and O–H groups in total. The summed E-state index contributed by atoms with van der Waals surface area (Å²) in [7, 11) is 0. The van der Waals surface area contributed by atoms with Gasteiger partial charge in [0, 0.05) is 10.7 Å². The number of halogens is 3. The fourth-order valence-corrected chi connectivity index (χ4v) is 2.04. The van der Waals surface area contributed by atoms with Gasteiger partial charge in [0.05, 0.1) is 10.7 Å². The van der Waals surface area contributed by atoms with E-state index < -0.39 is 0 Å². The molecule has 5 heteroatoms. The van der Waals surface area contributed by atoms with E-state index in [9.17, 15) is 4.39 Å². The zero-order valence-corrected chi connectivity index (χ0v) is 11.8. The van der Waals surface area contributed by atoms with Crippen LogP contribution in [0.15, 0.2) is 45.6 Å². The molecule has 0 aliphatic rings. The van der Waals surface area contributed by atoms with Gasteiger partial charge in [-0.25, -0.2) is 4.39 Å². The van der Waals surface area contributed by atoms with Crippen molar-refractivity contribution in [3.05, 3.63) is 57.0 Å². The number of pyridine rings is 1. The van der Waals surface area contributed by atoms with Gasteiger partial charge in [0.15, 0.2) is 0 Å². The highest BCUT2D eigenvalue weighted by atomic mass is 79.9. The molecule has 0 atom stereocenters. The molecule has 1 heterocycles. The van der Waals surface area contributed by atoms with Gasteiger partial charge in [-0.15, -0.1) is 0 Å². The monoisotopic (exact) mass is 359 g/mol. The van der Waals surface area contributed by atoms with Crippen molar-refractivity contribution in [2.75, 3.05) is 0 Å². The molecule has 0 saturated carbocycles. The van der Waals surface area contributed by atoms with Crippen molar-refractivity contribution >= 4 is 31.9 Å². The van der Waals surface area contributed by atoms with Gasteiger partial charge in [-0.05, 0) is 55.6 Å². The minimum Gasteiger partial charge on any atom is -0.487 e. The smallest absolute Gasteiger partial charge is 0.139 e. The van der Waals surface area contributed by atoms with Gasteiger partial charge in [-0.3, -0.25) is 4.98 Å². The molecule has 0 spiro atoms. The normalized spacial score (nSPS) is 10.3. The highest BCUT2D eigenvalue weighted by Gasteiger charge is 2.02. The zero-order chi connectivity index (χ0) is 12.3. The van der Waals surface area contributed by atoms with E-state index in [-0.39, 0.29) is 5.82 Å². The molecule has 88 valence electrons. The zero-order valence-electron chi connectivity index (χ0n) is 8.66. The topological polar surface area (TPSA) is 22.1 Å². The van der Waals surface area contributed by atoms with Crippen LogP contribution >= 0.6 is 31.9 Å². The van der Waals surface area contributed by atoms with E-state index in [1.54, 1.807) is 24.5 Å². The van der Waals surface area contributed by atoms with Crippen molar-refractivity contribution in [1.82, 2.24) is 4.98 Å². The molecular weight excluding hydrogens is 353 g/mol. The van der Waals surface area contributed by atoms with Crippen LogP contribution in [0.3, 0.4) is 0 Å². The second kappa shape index (κ2) is 5.60. The Morgan fingerprint density at radius 3 is 2.71 bits per heavy atom. The second-order valence-corrected chi connectivity index (χ2v) is 5.15. The Hall–Kier alpha value is -0.940. The van der Waals surface area contributed by atoms with Crippen LogP contribution in [-0.2, 0) is 6.61 Å². The summed E-state index contributed by atoms with van der Waals surface area (Å²) < 4.78 is 19.8. The lowest BCUT2D eigenvalue weighted by molar-refractivity contribution is 0.304. The Bertz CT molecular complexity index is 534. The summed E-state index contributed by atoms with van der Waals surface area (Å²) in [6.07, 6.45) is 3.31. The Kier molecular flexibility index (Phi) is 4.12. The Morgan fingerprint density at radius 2 is 2.00 bits per heavy atom. The van der Waals surface area contributed by atoms with Crippen LogP contribution in [0.2, 0.25) is 0 Å². The highest BCUT2D eigenvalue weighted by Crippen LogP contribution is 2.20. The lowest BCUT2D eigenvalue weighted by Crippen LogP contribution is -1.96. The number of aromatic nitrogens is 1. The van der Waals surface area contributed by atoms with Gasteiger partial charge < -0.3 is 4.74 Å². The summed E-state index contributed by atoms with van der Waals surface area (Å²) in [5.74, 6) is 0.387. The molecule has 0 amide bonds. The predicted molar refractivity (Wildman–Crippen MR) is 70.4 cm³/mol. The van der Waals surface area contributed by atoms with Crippen LogP contribution in [0.4, 0.5) is 4.39 Å². The number of rotatable bonds is 3. The molecule has 0 aliphatic heterocycles. The summed E-state index contributed by atoms with van der Waals surface area (Å²) in [4.78, 5) is 3.99. The maximum atomic E-state index is 13.0. The third kappa shape index (κ3) is 3.51. The van der Waals surface area contributed by atoms with E-state index in [4.69, 9.17) is 4.74 Å². The molecule has 0 radical (unpaired) electrons. The van der Waals surface area contributed by atoms with Crippen LogP contribution in [0.5, 0.6) is 5.75 Å². The molecule has 2 rings (SSSR count). The summed E-state index contributed by atoms with van der Waals surface area (Å²) >= 11 is 6.44. The molecular formula is C12H8Br2FNO. The first-order chi connectivity index (χ1) is 8.15. The van der Waals surface area contributed by atoms with Gasteiger partial charge in [-0.1, -0.05) is 6.07 Å². The second-order valence-electron chi connectivity index (χ2n) is 3.38. The van der Waals surface area contributed by atoms with Gasteiger partial charge in [0.2, 0.25) is 0 Å². The molecule has 2 nitrogen and oxygen atoms in total. The molecule has 0 fully saturated rings. The molecule has 0 aliphatic carbocycles. The lowest BCUT2D eigenvalue weighted by Gasteiger charge is -2.06. The highest BCUT2D eigenvalue weighted by molar-refractivity contribution is 9.10. The number of benzene rings is 1. The molecule has 1 aromatic carbocycles. The van der Waals surface area contributed by atoms with E-state index in [1.165, 1.54) is 6.07 Å². The van der Waals surface area contributed by atoms with Crippen LogP contribution in [-0.4, -0.2) is 4.98 Å². The maximum absolute atomic E-state index is 13.0. The average Bonchev–Trinajstić information content (AvgIpc) is 2.31. The number of hydrogen-bond acceptors (Lipinski definition) is 2. The van der Waals surface area contributed by atoms with E-state index in [2.05, 4.69) is 36.8 Å². The molecule has 17 heavy (non-hydrogen) atoms. The Morgan fingerprint density at radius 1 is 1.18 bits per heavy atom. The van der Waals surface area contributed by atoms with Crippen LogP contribution in [0.1, 0.15) is 5.56 Å². The van der Waals surface area contributed by atoms with Crippen molar-refractivity contribution in [3.8, 4) is 5.75 Å². The van der Waals surface area contributed by atoms with E-state index in [1.807, 2.05) is 6.07 Å². The van der Waals surface area contributed by atoms with E-state index in [0.717, 1.165) is 10.0 Å². The third-order valence-corrected chi connectivity index (χ3v) is 3.11. The fraction of sp³-hybridized carbons (Fsp3) is 0.0833. The number of nitrogens with zero attached hydrogens (tertiary/aromatic N) is 1. The first kappa shape index (κ1) is 12.5. The number of ether oxygens (including phenoxy) is 1. The summed E-state index contributed by atoms with van der Waals surface area (Å²) in [5, 5.41) is 0. The van der Waals surface area contributed by atoms with Crippen LogP contribution in [0.25, 0.3) is 0 Å². The summed E-state index contributed by atoms with van der Waals surface area (Å²) in [6, 6.07) is 6.61. The molecule has 0 unspecified atom stereocenters. The molecule has 2 aromatic rings. The summed E-state index contributed by atoms with van der Waals surface area (Å²) in [6.45, 7) is 0.372. The van der Waals surface area contributed by atoms with Crippen LogP contribution < -0.4 is 4.74 Å². The fourth-order valence-electron chi connectivity index (χ4n) is 1.27. The van der Waals surface area contributed by atoms with E-state index in [0.29, 0.717) is 16.8 Å². The minimum atomic E-state index is -0.280.